The van der Waals surface area contributed by atoms with Crippen LogP contribution in [0.3, 0.4) is 0 Å². The second-order valence-corrected chi connectivity index (χ2v) is 6.22. The molecule has 2 amide bonds. The minimum atomic E-state index is -0.246. The highest BCUT2D eigenvalue weighted by Crippen LogP contribution is 2.42. The van der Waals surface area contributed by atoms with E-state index in [4.69, 9.17) is 4.74 Å². The van der Waals surface area contributed by atoms with E-state index < -0.39 is 0 Å². The van der Waals surface area contributed by atoms with Crippen molar-refractivity contribution in [3.8, 4) is 0 Å². The van der Waals surface area contributed by atoms with Gasteiger partial charge in [0.05, 0.1) is 11.7 Å². The van der Waals surface area contributed by atoms with Crippen LogP contribution in [0.25, 0.3) is 0 Å². The molecule has 1 atom stereocenters. The molecular weight excluding hydrogens is 284 g/mol. The molecular formula is C15H22N4O3. The number of piperidine rings is 1. The number of rotatable bonds is 3. The van der Waals surface area contributed by atoms with Gasteiger partial charge in [0.1, 0.15) is 6.61 Å². The molecule has 1 aromatic rings. The highest BCUT2D eigenvalue weighted by Gasteiger charge is 2.49. The Labute approximate surface area is 129 Å². The van der Waals surface area contributed by atoms with Gasteiger partial charge in [0.2, 0.25) is 11.8 Å². The summed E-state index contributed by atoms with van der Waals surface area (Å²) in [5.41, 5.74) is 0.849. The van der Waals surface area contributed by atoms with Crippen molar-refractivity contribution in [2.75, 3.05) is 26.8 Å². The second kappa shape index (κ2) is 5.72. The van der Waals surface area contributed by atoms with Crippen LogP contribution in [0.4, 0.5) is 0 Å². The number of hydrogen-bond acceptors (Lipinski definition) is 4. The van der Waals surface area contributed by atoms with Crippen molar-refractivity contribution in [3.05, 3.63) is 18.0 Å². The van der Waals surface area contributed by atoms with E-state index in [1.807, 2.05) is 24.3 Å². The average molecular weight is 306 g/mol. The summed E-state index contributed by atoms with van der Waals surface area (Å²) in [4.78, 5) is 25.7. The van der Waals surface area contributed by atoms with Crippen LogP contribution in [0.2, 0.25) is 0 Å². The third kappa shape index (κ3) is 2.61. The maximum absolute atomic E-state index is 12.0. The average Bonchev–Trinajstić information content (AvgIpc) is 3.04. The van der Waals surface area contributed by atoms with Gasteiger partial charge in [-0.25, -0.2) is 0 Å². The molecule has 0 bridgehead atoms. The third-order valence-electron chi connectivity index (χ3n) is 4.85. The van der Waals surface area contributed by atoms with Crippen LogP contribution >= 0.6 is 0 Å². The summed E-state index contributed by atoms with van der Waals surface area (Å²) in [7, 11) is 3.41. The van der Waals surface area contributed by atoms with Crippen LogP contribution in [0.1, 0.15) is 30.7 Å². The van der Waals surface area contributed by atoms with E-state index in [2.05, 4.69) is 10.4 Å². The smallest absolute Gasteiger partial charge is 0.248 e. The number of carbonyl (C=O) groups is 2. The first-order valence-corrected chi connectivity index (χ1v) is 7.60. The van der Waals surface area contributed by atoms with Crippen molar-refractivity contribution >= 4 is 11.8 Å². The number of nitrogens with zero attached hydrogens (tertiary/aromatic N) is 3. The standard InChI is InChI=1S/C15H22N4O3/c1-18-9-11(8-16-18)12-7-13(20)17-15(12)3-5-19(6-4-15)14(21)10-22-2/h8-9,12H,3-7,10H2,1-2H3,(H,17,20)/t12-/m1/s1. The molecule has 120 valence electrons. The predicted octanol–water partition coefficient (Wildman–Crippen LogP) is 0.0312. The van der Waals surface area contributed by atoms with Gasteiger partial charge in [0.15, 0.2) is 0 Å². The van der Waals surface area contributed by atoms with Crippen molar-refractivity contribution in [2.24, 2.45) is 7.05 Å². The summed E-state index contributed by atoms with van der Waals surface area (Å²) in [5.74, 6) is 0.235. The normalized spacial score (nSPS) is 23.8. The molecule has 0 aliphatic carbocycles. The SMILES string of the molecule is COCC(=O)N1CCC2(CC1)NC(=O)C[C@@H]2c1cnn(C)c1. The van der Waals surface area contributed by atoms with Crippen LogP contribution in [-0.2, 0) is 21.4 Å². The summed E-state index contributed by atoms with van der Waals surface area (Å²) in [6.07, 6.45) is 5.86. The van der Waals surface area contributed by atoms with Gasteiger partial charge < -0.3 is 15.0 Å². The molecule has 0 unspecified atom stereocenters. The topological polar surface area (TPSA) is 76.5 Å². The first-order valence-electron chi connectivity index (χ1n) is 7.60. The fraction of sp³-hybridized carbons (Fsp3) is 0.667. The van der Waals surface area contributed by atoms with E-state index in [1.54, 1.807) is 4.68 Å². The monoisotopic (exact) mass is 306 g/mol. The molecule has 1 N–H and O–H groups in total. The molecule has 1 spiro atoms. The van der Waals surface area contributed by atoms with Gasteiger partial charge in [-0.3, -0.25) is 14.3 Å². The molecule has 22 heavy (non-hydrogen) atoms. The lowest BCUT2D eigenvalue weighted by Gasteiger charge is -2.42. The molecule has 2 saturated heterocycles. The fourth-order valence-corrected chi connectivity index (χ4v) is 3.70. The minimum Gasteiger partial charge on any atom is -0.375 e. The largest absolute Gasteiger partial charge is 0.375 e. The molecule has 0 radical (unpaired) electrons. The molecule has 2 aliphatic heterocycles. The summed E-state index contributed by atoms with van der Waals surface area (Å²) in [6.45, 7) is 1.42. The highest BCUT2D eigenvalue weighted by molar-refractivity contribution is 5.82. The maximum Gasteiger partial charge on any atom is 0.248 e. The van der Waals surface area contributed by atoms with Gasteiger partial charge in [0.25, 0.3) is 0 Å². The van der Waals surface area contributed by atoms with Crippen molar-refractivity contribution in [2.45, 2.75) is 30.7 Å². The molecule has 7 heteroatoms. The number of ether oxygens (including phenoxy) is 1. The lowest BCUT2D eigenvalue weighted by Crippen LogP contribution is -2.54. The van der Waals surface area contributed by atoms with Crippen LogP contribution < -0.4 is 5.32 Å². The number of likely N-dealkylation sites (tertiary alicyclic amines) is 1. The van der Waals surface area contributed by atoms with Gasteiger partial charge in [-0.05, 0) is 18.4 Å². The molecule has 0 aromatic carbocycles. The van der Waals surface area contributed by atoms with E-state index in [9.17, 15) is 9.59 Å². The molecule has 2 fully saturated rings. The minimum absolute atomic E-state index is 0.0135. The predicted molar refractivity (Wildman–Crippen MR) is 79.1 cm³/mol. The Bertz CT molecular complexity index is 575. The number of carbonyl (C=O) groups excluding carboxylic acids is 2. The zero-order valence-electron chi connectivity index (χ0n) is 13.0. The molecule has 3 heterocycles. The first-order chi connectivity index (χ1) is 10.5. The van der Waals surface area contributed by atoms with Gasteiger partial charge in [-0.1, -0.05) is 0 Å². The van der Waals surface area contributed by atoms with Gasteiger partial charge in [0, 0.05) is 45.8 Å². The number of methoxy groups -OCH3 is 1. The van der Waals surface area contributed by atoms with Crippen molar-refractivity contribution in [1.82, 2.24) is 20.0 Å². The third-order valence-corrected chi connectivity index (χ3v) is 4.85. The molecule has 7 nitrogen and oxygen atoms in total. The fourth-order valence-electron chi connectivity index (χ4n) is 3.70. The number of aryl methyl sites for hydroxylation is 1. The van der Waals surface area contributed by atoms with Gasteiger partial charge in [-0.2, -0.15) is 5.10 Å². The van der Waals surface area contributed by atoms with E-state index >= 15 is 0 Å². The summed E-state index contributed by atoms with van der Waals surface area (Å²) in [5, 5.41) is 7.40. The molecule has 3 rings (SSSR count). The number of amides is 2. The quantitative estimate of drug-likeness (QED) is 0.855. The molecule has 0 saturated carbocycles. The molecule has 2 aliphatic rings. The van der Waals surface area contributed by atoms with E-state index in [-0.39, 0.29) is 29.9 Å². The Kier molecular flexibility index (Phi) is 3.90. The van der Waals surface area contributed by atoms with Crippen molar-refractivity contribution in [3.63, 3.8) is 0 Å². The van der Waals surface area contributed by atoms with E-state index in [0.717, 1.165) is 18.4 Å². The Hall–Kier alpha value is -1.89. The van der Waals surface area contributed by atoms with Crippen LogP contribution in [0, 0.1) is 0 Å². The van der Waals surface area contributed by atoms with Crippen LogP contribution in [0.15, 0.2) is 12.4 Å². The lowest BCUT2D eigenvalue weighted by molar-refractivity contribution is -0.136. The Morgan fingerprint density at radius 1 is 1.50 bits per heavy atom. The highest BCUT2D eigenvalue weighted by atomic mass is 16.5. The number of aromatic nitrogens is 2. The van der Waals surface area contributed by atoms with Gasteiger partial charge >= 0.3 is 0 Å². The zero-order valence-corrected chi connectivity index (χ0v) is 13.0. The Balaban J connectivity index is 1.75. The first kappa shape index (κ1) is 15.0. The van der Waals surface area contributed by atoms with Crippen LogP contribution in [0.5, 0.6) is 0 Å². The summed E-state index contributed by atoms with van der Waals surface area (Å²) >= 11 is 0. The number of hydrogen-bond donors (Lipinski definition) is 1. The van der Waals surface area contributed by atoms with Crippen molar-refractivity contribution < 1.29 is 14.3 Å². The second-order valence-electron chi connectivity index (χ2n) is 6.22. The zero-order chi connectivity index (χ0) is 15.7. The van der Waals surface area contributed by atoms with Crippen LogP contribution in [-0.4, -0.2) is 58.8 Å². The maximum atomic E-state index is 12.0. The van der Waals surface area contributed by atoms with E-state index in [0.29, 0.717) is 19.5 Å². The molecule has 1 aromatic heterocycles. The summed E-state index contributed by atoms with van der Waals surface area (Å²) < 4.78 is 6.68. The number of nitrogens with one attached hydrogen (secondary N) is 1. The van der Waals surface area contributed by atoms with Crippen molar-refractivity contribution in [1.29, 1.82) is 0 Å². The Morgan fingerprint density at radius 2 is 2.23 bits per heavy atom. The van der Waals surface area contributed by atoms with E-state index in [1.165, 1.54) is 7.11 Å². The lowest BCUT2D eigenvalue weighted by atomic mass is 9.75. The Morgan fingerprint density at radius 3 is 2.82 bits per heavy atom. The summed E-state index contributed by atoms with van der Waals surface area (Å²) in [6, 6.07) is 0. The van der Waals surface area contributed by atoms with Gasteiger partial charge in [-0.15, -0.1) is 0 Å².